The molecule has 3 aromatic rings. The van der Waals surface area contributed by atoms with E-state index in [0.29, 0.717) is 30.0 Å². The van der Waals surface area contributed by atoms with Crippen molar-refractivity contribution in [1.29, 1.82) is 0 Å². The Morgan fingerprint density at radius 2 is 1.84 bits per heavy atom. The largest absolute Gasteiger partial charge is 0.493 e. The van der Waals surface area contributed by atoms with Gasteiger partial charge in [0, 0.05) is 29.8 Å². The zero-order valence-electron chi connectivity index (χ0n) is 18.1. The molecule has 0 saturated heterocycles. The Labute approximate surface area is 185 Å². The summed E-state index contributed by atoms with van der Waals surface area (Å²) in [5, 5.41) is 4.83. The van der Waals surface area contributed by atoms with Crippen LogP contribution in [-0.4, -0.2) is 32.1 Å². The fraction of sp³-hybridized carbons (Fsp3) is 0.217. The van der Waals surface area contributed by atoms with Crippen LogP contribution in [0.15, 0.2) is 54.7 Å². The predicted octanol–water partition coefficient (Wildman–Crippen LogP) is 4.32. The standard InChI is InChI=1S/C14H14N2O2.C7H5F2NO.C2H7N/c1-9-8-17-13-3-2-10(6-12(9)13)18-11-4-5-16-14(15)7-11;8-5-1-2-7(10-4-11)6(9)3-5;1-3-2/h2-7,9H,8H2,1H3,(H2,15,16);1-4H,(H,10,11);3H,1-2H3. The Hall–Kier alpha value is -3.72. The van der Waals surface area contributed by atoms with E-state index in [0.717, 1.165) is 30.2 Å². The molecular weight excluding hydrogens is 418 g/mol. The maximum absolute atomic E-state index is 12.6. The first-order valence-corrected chi connectivity index (χ1v) is 9.77. The van der Waals surface area contributed by atoms with Crippen LogP contribution in [0, 0.1) is 11.6 Å². The van der Waals surface area contributed by atoms with Gasteiger partial charge in [0.2, 0.25) is 6.41 Å². The van der Waals surface area contributed by atoms with Crippen molar-refractivity contribution in [3.8, 4) is 17.2 Å². The van der Waals surface area contributed by atoms with Crippen molar-refractivity contribution in [2.24, 2.45) is 0 Å². The van der Waals surface area contributed by atoms with Crippen LogP contribution in [0.1, 0.15) is 18.4 Å². The van der Waals surface area contributed by atoms with Gasteiger partial charge >= 0.3 is 0 Å². The molecule has 1 aromatic heterocycles. The third-order valence-electron chi connectivity index (χ3n) is 4.13. The summed E-state index contributed by atoms with van der Waals surface area (Å²) in [5.74, 6) is 1.84. The molecule has 9 heteroatoms. The Kier molecular flexibility index (Phi) is 9.37. The average molecular weight is 444 g/mol. The fourth-order valence-corrected chi connectivity index (χ4v) is 2.71. The van der Waals surface area contributed by atoms with E-state index in [1.165, 1.54) is 5.56 Å². The monoisotopic (exact) mass is 444 g/mol. The van der Waals surface area contributed by atoms with Crippen molar-refractivity contribution >= 4 is 17.9 Å². The molecule has 0 radical (unpaired) electrons. The first-order valence-electron chi connectivity index (χ1n) is 9.77. The van der Waals surface area contributed by atoms with Crippen LogP contribution in [-0.2, 0) is 4.79 Å². The SMILES string of the molecule is CC1COc2ccc(Oc3ccnc(N)c3)cc21.CNC.O=CNc1ccc(F)cc1F. The van der Waals surface area contributed by atoms with Gasteiger partial charge in [0.05, 0.1) is 12.3 Å². The number of anilines is 2. The first kappa shape index (κ1) is 24.5. The maximum atomic E-state index is 12.6. The highest BCUT2D eigenvalue weighted by atomic mass is 19.1. The lowest BCUT2D eigenvalue weighted by molar-refractivity contribution is -0.105. The summed E-state index contributed by atoms with van der Waals surface area (Å²) in [7, 11) is 3.75. The molecule has 32 heavy (non-hydrogen) atoms. The lowest BCUT2D eigenvalue weighted by Gasteiger charge is -2.08. The van der Waals surface area contributed by atoms with E-state index in [4.69, 9.17) is 15.2 Å². The molecule has 0 aliphatic carbocycles. The molecule has 0 saturated carbocycles. The molecule has 2 heterocycles. The van der Waals surface area contributed by atoms with Gasteiger partial charge in [-0.15, -0.1) is 0 Å². The second-order valence-corrected chi connectivity index (χ2v) is 6.82. The summed E-state index contributed by atoms with van der Waals surface area (Å²) in [6.45, 7) is 2.88. The summed E-state index contributed by atoms with van der Waals surface area (Å²) in [6.07, 6.45) is 1.96. The Bertz CT molecular complexity index is 1030. The minimum atomic E-state index is -0.780. The van der Waals surface area contributed by atoms with Gasteiger partial charge in [0.15, 0.2) is 0 Å². The number of nitrogens with one attached hydrogen (secondary N) is 2. The highest BCUT2D eigenvalue weighted by Crippen LogP contribution is 2.37. The van der Waals surface area contributed by atoms with E-state index >= 15 is 0 Å². The molecule has 7 nitrogen and oxygen atoms in total. The van der Waals surface area contributed by atoms with E-state index in [2.05, 4.69) is 22.5 Å². The Morgan fingerprint density at radius 3 is 2.50 bits per heavy atom. The zero-order chi connectivity index (χ0) is 23.5. The molecule has 1 unspecified atom stereocenters. The molecule has 0 bridgehead atoms. The normalized spacial score (nSPS) is 13.3. The van der Waals surface area contributed by atoms with Gasteiger partial charge in [0.1, 0.15) is 34.7 Å². The Morgan fingerprint density at radius 1 is 1.12 bits per heavy atom. The van der Waals surface area contributed by atoms with Gasteiger partial charge < -0.3 is 25.8 Å². The Balaban J connectivity index is 0.000000222. The van der Waals surface area contributed by atoms with Gasteiger partial charge in [-0.2, -0.15) is 0 Å². The number of halogens is 2. The first-order chi connectivity index (χ1) is 15.4. The number of pyridine rings is 1. The average Bonchev–Trinajstić information content (AvgIpc) is 3.12. The fourth-order valence-electron chi connectivity index (χ4n) is 2.71. The van der Waals surface area contributed by atoms with Crippen LogP contribution < -0.4 is 25.8 Å². The van der Waals surface area contributed by atoms with E-state index in [-0.39, 0.29) is 5.69 Å². The molecule has 170 valence electrons. The molecule has 1 amide bonds. The molecule has 1 atom stereocenters. The number of aromatic nitrogens is 1. The summed E-state index contributed by atoms with van der Waals surface area (Å²) < 4.78 is 36.1. The van der Waals surface area contributed by atoms with Gasteiger partial charge in [-0.3, -0.25) is 4.79 Å². The highest BCUT2D eigenvalue weighted by Gasteiger charge is 2.20. The number of ether oxygens (including phenoxy) is 2. The second kappa shape index (κ2) is 12.2. The van der Waals surface area contributed by atoms with Crippen LogP contribution >= 0.6 is 0 Å². The van der Waals surface area contributed by atoms with Gasteiger partial charge in [-0.1, -0.05) is 6.92 Å². The lowest BCUT2D eigenvalue weighted by atomic mass is 10.0. The number of rotatable bonds is 4. The summed E-state index contributed by atoms with van der Waals surface area (Å²) in [4.78, 5) is 13.8. The van der Waals surface area contributed by atoms with Gasteiger partial charge in [0.25, 0.3) is 0 Å². The van der Waals surface area contributed by atoms with E-state index < -0.39 is 11.6 Å². The number of amides is 1. The van der Waals surface area contributed by atoms with Gasteiger partial charge in [-0.25, -0.2) is 13.8 Å². The number of carbonyl (C=O) groups excluding carboxylic acids is 1. The summed E-state index contributed by atoms with van der Waals surface area (Å²) in [5.41, 5.74) is 6.78. The van der Waals surface area contributed by atoms with Crippen molar-refractivity contribution in [3.63, 3.8) is 0 Å². The van der Waals surface area contributed by atoms with Gasteiger partial charge in [-0.05, 0) is 50.5 Å². The smallest absolute Gasteiger partial charge is 0.211 e. The number of fused-ring (bicyclic) bond motifs is 1. The summed E-state index contributed by atoms with van der Waals surface area (Å²) in [6, 6.07) is 12.3. The van der Waals surface area contributed by atoms with Crippen LogP contribution in [0.5, 0.6) is 17.2 Å². The van der Waals surface area contributed by atoms with Crippen LogP contribution in [0.25, 0.3) is 0 Å². The lowest BCUT2D eigenvalue weighted by Crippen LogP contribution is -1.96. The topological polar surface area (TPSA) is 98.5 Å². The predicted molar refractivity (Wildman–Crippen MR) is 120 cm³/mol. The number of benzene rings is 2. The van der Waals surface area contributed by atoms with Crippen molar-refractivity contribution in [1.82, 2.24) is 10.3 Å². The van der Waals surface area contributed by atoms with E-state index in [1.807, 2.05) is 32.3 Å². The molecule has 0 spiro atoms. The third-order valence-corrected chi connectivity index (χ3v) is 4.13. The molecular formula is C23H26F2N4O3. The van der Waals surface area contributed by atoms with Crippen molar-refractivity contribution < 1.29 is 23.0 Å². The second-order valence-electron chi connectivity index (χ2n) is 6.82. The van der Waals surface area contributed by atoms with Crippen LogP contribution in [0.2, 0.25) is 0 Å². The van der Waals surface area contributed by atoms with Crippen molar-refractivity contribution in [2.45, 2.75) is 12.8 Å². The molecule has 1 aliphatic heterocycles. The quantitative estimate of drug-likeness (QED) is 0.519. The number of nitrogens with zero attached hydrogens (tertiary/aromatic N) is 1. The number of hydrogen-bond donors (Lipinski definition) is 3. The number of nitrogen functional groups attached to an aromatic ring is 1. The molecule has 1 aliphatic rings. The maximum Gasteiger partial charge on any atom is 0.211 e. The minimum absolute atomic E-state index is 0.0265. The molecule has 4 rings (SSSR count). The van der Waals surface area contributed by atoms with Crippen molar-refractivity contribution in [3.05, 3.63) is 71.9 Å². The number of carbonyl (C=O) groups is 1. The molecule has 0 fully saturated rings. The highest BCUT2D eigenvalue weighted by molar-refractivity contribution is 5.71. The molecule has 4 N–H and O–H groups in total. The summed E-state index contributed by atoms with van der Waals surface area (Å²) >= 11 is 0. The van der Waals surface area contributed by atoms with Crippen molar-refractivity contribution in [2.75, 3.05) is 31.8 Å². The zero-order valence-corrected chi connectivity index (χ0v) is 18.1. The van der Waals surface area contributed by atoms with Crippen LogP contribution in [0.3, 0.4) is 0 Å². The number of hydrogen-bond acceptors (Lipinski definition) is 6. The van der Waals surface area contributed by atoms with E-state index in [9.17, 15) is 13.6 Å². The van der Waals surface area contributed by atoms with E-state index in [1.54, 1.807) is 18.3 Å². The third kappa shape index (κ3) is 7.21. The minimum Gasteiger partial charge on any atom is -0.493 e. The molecule has 2 aromatic carbocycles. The van der Waals surface area contributed by atoms with Crippen LogP contribution in [0.4, 0.5) is 20.3 Å². The number of nitrogens with two attached hydrogens (primary N) is 1.